The van der Waals surface area contributed by atoms with E-state index in [0.717, 1.165) is 10.5 Å². The smallest absolute Gasteiger partial charge is 0.146 e. The highest BCUT2D eigenvalue weighted by molar-refractivity contribution is 5.98. The minimum atomic E-state index is 0.239. The summed E-state index contributed by atoms with van der Waals surface area (Å²) in [5.41, 5.74) is 0.239. The summed E-state index contributed by atoms with van der Waals surface area (Å²) in [6.07, 6.45) is 33.7. The maximum absolute atomic E-state index is 6.41. The van der Waals surface area contributed by atoms with Crippen LogP contribution in [0.15, 0.2) is 0 Å². The molecule has 0 atom stereocenters. The van der Waals surface area contributed by atoms with E-state index in [2.05, 4.69) is 20.8 Å². The van der Waals surface area contributed by atoms with Crippen molar-refractivity contribution < 1.29 is 4.43 Å². The summed E-state index contributed by atoms with van der Waals surface area (Å²) in [6, 6.07) is 0. The maximum atomic E-state index is 6.41. The van der Waals surface area contributed by atoms with Crippen LogP contribution in [-0.2, 0) is 4.43 Å². The third-order valence-corrected chi connectivity index (χ3v) is 8.01. The van der Waals surface area contributed by atoms with Crippen molar-refractivity contribution in [2.24, 2.45) is 0 Å². The van der Waals surface area contributed by atoms with Gasteiger partial charge in [-0.15, -0.1) is 0 Å². The molecule has 1 nitrogen and oxygen atoms in total. The average Bonchev–Trinajstić information content (AvgIpc) is 2.76. The van der Waals surface area contributed by atoms with Crippen LogP contribution in [0.3, 0.4) is 0 Å². The van der Waals surface area contributed by atoms with E-state index in [1.54, 1.807) is 0 Å². The second-order valence-electron chi connectivity index (χ2n) is 10.0. The van der Waals surface area contributed by atoms with Crippen molar-refractivity contribution >= 4 is 10.5 Å². The third kappa shape index (κ3) is 18.9. The molecular weight excluding hydrogens is 380 g/mol. The summed E-state index contributed by atoms with van der Waals surface area (Å²) in [5.74, 6) is 0. The fourth-order valence-corrected chi connectivity index (χ4v) is 5.51. The first kappa shape index (κ1) is 30.2. The summed E-state index contributed by atoms with van der Waals surface area (Å²) in [4.78, 5) is 0. The van der Waals surface area contributed by atoms with Gasteiger partial charge in [-0.2, -0.15) is 0 Å². The lowest BCUT2D eigenvalue weighted by atomic mass is 9.85. The molecule has 0 aliphatic rings. The van der Waals surface area contributed by atoms with Crippen molar-refractivity contribution in [3.63, 3.8) is 0 Å². The fraction of sp³-hybridized carbons (Fsp3) is 1.00. The normalized spacial score (nSPS) is 12.1. The summed E-state index contributed by atoms with van der Waals surface area (Å²) in [7, 11) is 0.908. The lowest BCUT2D eigenvalue weighted by Gasteiger charge is -2.34. The van der Waals surface area contributed by atoms with E-state index in [1.165, 1.54) is 154 Å². The zero-order chi connectivity index (χ0) is 22.2. The average molecular weight is 441 g/mol. The Morgan fingerprint density at radius 2 is 0.633 bits per heavy atom. The topological polar surface area (TPSA) is 9.23 Å². The molecule has 0 aromatic heterocycles. The van der Waals surface area contributed by atoms with Crippen molar-refractivity contribution in [2.75, 3.05) is 0 Å². The van der Waals surface area contributed by atoms with Gasteiger partial charge in [0.1, 0.15) is 10.5 Å². The molecule has 0 unspecified atom stereocenters. The van der Waals surface area contributed by atoms with Crippen LogP contribution in [0.1, 0.15) is 175 Å². The van der Waals surface area contributed by atoms with Gasteiger partial charge < -0.3 is 4.43 Å². The number of unbranched alkanes of at least 4 members (excludes halogenated alkanes) is 18. The summed E-state index contributed by atoms with van der Waals surface area (Å²) in [5, 5.41) is 0. The molecule has 0 radical (unpaired) electrons. The third-order valence-electron chi connectivity index (χ3n) is 7.14. The molecule has 2 heteroatoms. The Kier molecular flexibility index (Phi) is 24.0. The van der Waals surface area contributed by atoms with Crippen LogP contribution >= 0.6 is 0 Å². The predicted octanol–water partition coefficient (Wildman–Crippen LogP) is 9.44. The molecule has 0 N–H and O–H groups in total. The van der Waals surface area contributed by atoms with Crippen molar-refractivity contribution in [1.29, 1.82) is 0 Å². The van der Waals surface area contributed by atoms with Crippen molar-refractivity contribution in [1.82, 2.24) is 0 Å². The van der Waals surface area contributed by atoms with Gasteiger partial charge in [0.05, 0.1) is 5.60 Å². The maximum Gasteiger partial charge on any atom is 0.146 e. The highest BCUT2D eigenvalue weighted by Crippen LogP contribution is 2.32. The van der Waals surface area contributed by atoms with E-state index in [4.69, 9.17) is 4.43 Å². The van der Waals surface area contributed by atoms with Gasteiger partial charge in [0, 0.05) is 0 Å². The van der Waals surface area contributed by atoms with E-state index >= 15 is 0 Å². The van der Waals surface area contributed by atoms with Crippen LogP contribution in [0.5, 0.6) is 0 Å². The SMILES string of the molecule is CCCCCCCCCC(CCCCCCCCC)(CCCCCCCCC)O[SiH3]. The Morgan fingerprint density at radius 3 is 0.867 bits per heavy atom. The largest absolute Gasteiger partial charge is 0.422 e. The van der Waals surface area contributed by atoms with Gasteiger partial charge in [0.2, 0.25) is 0 Å². The van der Waals surface area contributed by atoms with E-state index in [0.29, 0.717) is 0 Å². The standard InChI is InChI=1S/C28H60OSi/c1-4-7-10-13-16-19-22-25-28(29-30,26-23-20-17-14-11-8-5-2)27-24-21-18-15-12-9-6-3/h4-27H2,1-3,30H3. The molecule has 0 fully saturated rings. The van der Waals surface area contributed by atoms with Gasteiger partial charge in [0.25, 0.3) is 0 Å². The molecule has 0 aromatic rings. The Balaban J connectivity index is 4.23. The molecule has 0 saturated heterocycles. The van der Waals surface area contributed by atoms with Crippen LogP contribution in [-0.4, -0.2) is 16.1 Å². The van der Waals surface area contributed by atoms with Gasteiger partial charge in [-0.25, -0.2) is 0 Å². The lowest BCUT2D eigenvalue weighted by molar-refractivity contribution is 0.0423. The molecule has 30 heavy (non-hydrogen) atoms. The van der Waals surface area contributed by atoms with E-state index in [9.17, 15) is 0 Å². The van der Waals surface area contributed by atoms with Crippen molar-refractivity contribution in [2.45, 2.75) is 180 Å². The molecule has 0 aromatic carbocycles. The molecule has 0 heterocycles. The summed E-state index contributed by atoms with van der Waals surface area (Å²) >= 11 is 0. The van der Waals surface area contributed by atoms with E-state index in [-0.39, 0.29) is 5.60 Å². The molecule has 0 saturated carbocycles. The quantitative estimate of drug-likeness (QED) is 0.101. The second kappa shape index (κ2) is 23.8. The van der Waals surface area contributed by atoms with Crippen LogP contribution in [0, 0.1) is 0 Å². The first-order valence-electron chi connectivity index (χ1n) is 14.3. The zero-order valence-corrected chi connectivity index (χ0v) is 23.9. The first-order chi connectivity index (χ1) is 14.7. The summed E-state index contributed by atoms with van der Waals surface area (Å²) in [6.45, 7) is 6.93. The molecule has 182 valence electrons. The molecule has 0 aliphatic carbocycles. The van der Waals surface area contributed by atoms with Gasteiger partial charge in [-0.05, 0) is 19.3 Å². The van der Waals surface area contributed by atoms with Crippen LogP contribution in [0.25, 0.3) is 0 Å². The van der Waals surface area contributed by atoms with Gasteiger partial charge in [-0.1, -0.05) is 156 Å². The molecular formula is C28H60OSi. The zero-order valence-electron chi connectivity index (χ0n) is 21.9. The van der Waals surface area contributed by atoms with Crippen LogP contribution < -0.4 is 0 Å². The molecule has 0 aliphatic heterocycles. The molecule has 0 bridgehead atoms. The van der Waals surface area contributed by atoms with Gasteiger partial charge in [0.15, 0.2) is 0 Å². The highest BCUT2D eigenvalue weighted by atomic mass is 28.2. The molecule has 0 amide bonds. The van der Waals surface area contributed by atoms with Crippen LogP contribution in [0.4, 0.5) is 0 Å². The van der Waals surface area contributed by atoms with Gasteiger partial charge in [-0.3, -0.25) is 0 Å². The van der Waals surface area contributed by atoms with Gasteiger partial charge >= 0.3 is 0 Å². The second-order valence-corrected chi connectivity index (χ2v) is 10.4. The van der Waals surface area contributed by atoms with E-state index in [1.807, 2.05) is 0 Å². The van der Waals surface area contributed by atoms with Crippen molar-refractivity contribution in [3.8, 4) is 0 Å². The number of hydrogen-bond donors (Lipinski definition) is 0. The lowest BCUT2D eigenvalue weighted by Crippen LogP contribution is -2.32. The van der Waals surface area contributed by atoms with E-state index < -0.39 is 0 Å². The molecule has 0 rings (SSSR count). The minimum absolute atomic E-state index is 0.239. The Labute approximate surface area is 195 Å². The first-order valence-corrected chi connectivity index (χ1v) is 15.1. The summed E-state index contributed by atoms with van der Waals surface area (Å²) < 4.78 is 6.41. The Morgan fingerprint density at radius 1 is 0.400 bits per heavy atom. The van der Waals surface area contributed by atoms with Crippen LogP contribution in [0.2, 0.25) is 0 Å². The Hall–Kier alpha value is 0.177. The fourth-order valence-electron chi connectivity index (χ4n) is 4.89. The monoisotopic (exact) mass is 440 g/mol. The minimum Gasteiger partial charge on any atom is -0.422 e. The highest BCUT2D eigenvalue weighted by Gasteiger charge is 2.27. The number of hydrogen-bond acceptors (Lipinski definition) is 1. The molecule has 0 spiro atoms. The Bertz CT molecular complexity index is 272. The number of rotatable bonds is 25. The predicted molar refractivity (Wildman–Crippen MR) is 142 cm³/mol. The van der Waals surface area contributed by atoms with Crippen molar-refractivity contribution in [3.05, 3.63) is 0 Å².